The molecule has 0 amide bonds. The summed E-state index contributed by atoms with van der Waals surface area (Å²) in [6.45, 7) is 4.78. The van der Waals surface area contributed by atoms with Crippen LogP contribution in [0, 0.1) is 0 Å². The first-order valence-electron chi connectivity index (χ1n) is 10.3. The summed E-state index contributed by atoms with van der Waals surface area (Å²) in [5, 5.41) is 6.87. The molecule has 1 aliphatic rings. The molecule has 0 radical (unpaired) electrons. The molecule has 162 valence electrons. The van der Waals surface area contributed by atoms with Crippen LogP contribution >= 0.6 is 0 Å². The molecule has 1 atom stereocenters. The molecule has 1 saturated heterocycles. The van der Waals surface area contributed by atoms with Crippen molar-refractivity contribution in [3.05, 3.63) is 59.7 Å². The van der Waals surface area contributed by atoms with Crippen LogP contribution in [0.4, 0.5) is 0 Å². The smallest absolute Gasteiger partial charge is 0.191 e. The second-order valence-electron chi connectivity index (χ2n) is 7.09. The molecular weight excluding hydrogens is 380 g/mol. The largest absolute Gasteiger partial charge is 0.497 e. The Hall–Kier alpha value is -2.77. The fourth-order valence-corrected chi connectivity index (χ4v) is 3.52. The van der Waals surface area contributed by atoms with Crippen LogP contribution < -0.4 is 20.1 Å². The van der Waals surface area contributed by atoms with Gasteiger partial charge in [0.2, 0.25) is 0 Å². The highest BCUT2D eigenvalue weighted by Crippen LogP contribution is 2.23. The molecule has 0 bridgehead atoms. The highest BCUT2D eigenvalue weighted by molar-refractivity contribution is 5.79. The van der Waals surface area contributed by atoms with Crippen molar-refractivity contribution in [2.75, 3.05) is 54.1 Å². The Labute approximate surface area is 179 Å². The summed E-state index contributed by atoms with van der Waals surface area (Å²) in [6.07, 6.45) is 0. The Morgan fingerprint density at radius 2 is 1.57 bits per heavy atom. The van der Waals surface area contributed by atoms with Gasteiger partial charge in [0.15, 0.2) is 5.96 Å². The molecule has 0 spiro atoms. The molecule has 2 aromatic carbocycles. The van der Waals surface area contributed by atoms with E-state index < -0.39 is 0 Å². The minimum absolute atomic E-state index is 0.222. The number of guanidine groups is 1. The van der Waals surface area contributed by atoms with Crippen molar-refractivity contribution in [3.8, 4) is 11.5 Å². The molecule has 2 aromatic rings. The van der Waals surface area contributed by atoms with E-state index in [2.05, 4.69) is 32.7 Å². The Kier molecular flexibility index (Phi) is 8.35. The van der Waals surface area contributed by atoms with Crippen LogP contribution in [0.1, 0.15) is 17.2 Å². The van der Waals surface area contributed by atoms with Crippen LogP contribution in [-0.4, -0.2) is 65.0 Å². The van der Waals surface area contributed by atoms with Gasteiger partial charge in [0.1, 0.15) is 11.5 Å². The molecule has 0 saturated carbocycles. The van der Waals surface area contributed by atoms with Gasteiger partial charge in [-0.2, -0.15) is 0 Å². The van der Waals surface area contributed by atoms with Crippen LogP contribution in [0.3, 0.4) is 0 Å². The first-order chi connectivity index (χ1) is 14.7. The van der Waals surface area contributed by atoms with E-state index in [0.717, 1.165) is 50.3 Å². The normalized spacial score (nSPS) is 16.0. The fourth-order valence-electron chi connectivity index (χ4n) is 3.52. The van der Waals surface area contributed by atoms with Crippen LogP contribution in [0.2, 0.25) is 0 Å². The zero-order chi connectivity index (χ0) is 21.2. The van der Waals surface area contributed by atoms with Crippen LogP contribution in [0.5, 0.6) is 11.5 Å². The molecule has 7 nitrogen and oxygen atoms in total. The van der Waals surface area contributed by atoms with Crippen molar-refractivity contribution in [1.29, 1.82) is 0 Å². The number of ether oxygens (including phenoxy) is 3. The number of nitrogens with zero attached hydrogens (tertiary/aromatic N) is 2. The summed E-state index contributed by atoms with van der Waals surface area (Å²) in [4.78, 5) is 6.83. The lowest BCUT2D eigenvalue weighted by atomic mass is 10.0. The summed E-state index contributed by atoms with van der Waals surface area (Å²) in [5.74, 6) is 2.50. The zero-order valence-electron chi connectivity index (χ0n) is 18.1. The van der Waals surface area contributed by atoms with E-state index in [1.54, 1.807) is 21.3 Å². The average Bonchev–Trinajstić information content (AvgIpc) is 2.82. The molecule has 30 heavy (non-hydrogen) atoms. The van der Waals surface area contributed by atoms with E-state index >= 15 is 0 Å². The second-order valence-corrected chi connectivity index (χ2v) is 7.09. The number of hydrogen-bond acceptors (Lipinski definition) is 5. The summed E-state index contributed by atoms with van der Waals surface area (Å²) >= 11 is 0. The predicted molar refractivity (Wildman–Crippen MR) is 119 cm³/mol. The van der Waals surface area contributed by atoms with Gasteiger partial charge in [-0.1, -0.05) is 24.3 Å². The number of benzene rings is 2. The number of methoxy groups -OCH3 is 2. The third kappa shape index (κ3) is 6.11. The zero-order valence-corrected chi connectivity index (χ0v) is 18.1. The van der Waals surface area contributed by atoms with Gasteiger partial charge in [0.25, 0.3) is 0 Å². The molecule has 7 heteroatoms. The fraction of sp³-hybridized carbons (Fsp3) is 0.435. The van der Waals surface area contributed by atoms with Crippen LogP contribution in [0.25, 0.3) is 0 Å². The summed E-state index contributed by atoms with van der Waals surface area (Å²) in [6, 6.07) is 16.5. The molecule has 3 rings (SSSR count). The first kappa shape index (κ1) is 21.9. The molecule has 1 unspecified atom stereocenters. The van der Waals surface area contributed by atoms with Crippen molar-refractivity contribution in [1.82, 2.24) is 15.5 Å². The van der Waals surface area contributed by atoms with Gasteiger partial charge in [-0.05, 0) is 35.4 Å². The Bertz CT molecular complexity index is 787. The lowest BCUT2D eigenvalue weighted by Crippen LogP contribution is -2.46. The monoisotopic (exact) mass is 412 g/mol. The van der Waals surface area contributed by atoms with Crippen molar-refractivity contribution in [2.24, 2.45) is 4.99 Å². The van der Waals surface area contributed by atoms with Gasteiger partial charge in [-0.3, -0.25) is 9.89 Å². The number of nitrogens with one attached hydrogen (secondary N) is 2. The van der Waals surface area contributed by atoms with Crippen molar-refractivity contribution in [2.45, 2.75) is 12.6 Å². The Morgan fingerprint density at radius 3 is 2.13 bits per heavy atom. The summed E-state index contributed by atoms with van der Waals surface area (Å²) in [5.41, 5.74) is 2.41. The van der Waals surface area contributed by atoms with Crippen molar-refractivity contribution in [3.63, 3.8) is 0 Å². The summed E-state index contributed by atoms with van der Waals surface area (Å²) < 4.78 is 16.1. The Morgan fingerprint density at radius 1 is 0.967 bits per heavy atom. The van der Waals surface area contributed by atoms with Crippen LogP contribution in [0.15, 0.2) is 53.5 Å². The maximum absolute atomic E-state index is 5.55. The molecule has 0 aliphatic carbocycles. The van der Waals surface area contributed by atoms with Gasteiger partial charge in [0.05, 0.1) is 33.5 Å². The number of hydrogen-bond donors (Lipinski definition) is 2. The molecule has 1 aliphatic heterocycles. The number of rotatable bonds is 8. The van der Waals surface area contributed by atoms with E-state index in [1.165, 1.54) is 11.1 Å². The van der Waals surface area contributed by atoms with E-state index in [9.17, 15) is 0 Å². The van der Waals surface area contributed by atoms with Crippen molar-refractivity contribution < 1.29 is 14.2 Å². The lowest BCUT2D eigenvalue weighted by Gasteiger charge is -2.35. The highest BCUT2D eigenvalue weighted by atomic mass is 16.5. The maximum Gasteiger partial charge on any atom is 0.191 e. The average molecular weight is 413 g/mol. The second kappa shape index (κ2) is 11.4. The van der Waals surface area contributed by atoms with Gasteiger partial charge in [-0.15, -0.1) is 0 Å². The minimum atomic E-state index is 0.222. The third-order valence-electron chi connectivity index (χ3n) is 5.29. The third-order valence-corrected chi connectivity index (χ3v) is 5.29. The molecule has 1 heterocycles. The van der Waals surface area contributed by atoms with Crippen molar-refractivity contribution >= 4 is 5.96 Å². The van der Waals surface area contributed by atoms with E-state index in [1.807, 2.05) is 36.4 Å². The SMILES string of the molecule is CN=C(NCc1ccc(OC)cc1)NCC(c1ccc(OC)cc1)N1CCOCC1. The van der Waals surface area contributed by atoms with E-state index in [-0.39, 0.29) is 6.04 Å². The van der Waals surface area contributed by atoms with Gasteiger partial charge < -0.3 is 24.8 Å². The minimum Gasteiger partial charge on any atom is -0.497 e. The maximum atomic E-state index is 5.55. The lowest BCUT2D eigenvalue weighted by molar-refractivity contribution is 0.0170. The molecular formula is C23H32N4O3. The number of morpholine rings is 1. The van der Waals surface area contributed by atoms with Gasteiger partial charge in [0, 0.05) is 33.2 Å². The molecule has 2 N–H and O–H groups in total. The highest BCUT2D eigenvalue weighted by Gasteiger charge is 2.23. The van der Waals surface area contributed by atoms with Gasteiger partial charge >= 0.3 is 0 Å². The quantitative estimate of drug-likeness (QED) is 0.513. The Balaban J connectivity index is 1.61. The number of aliphatic imine (C=N–C) groups is 1. The first-order valence-corrected chi connectivity index (χ1v) is 10.3. The van der Waals surface area contributed by atoms with E-state index in [4.69, 9.17) is 14.2 Å². The summed E-state index contributed by atoms with van der Waals surface area (Å²) in [7, 11) is 5.15. The predicted octanol–water partition coefficient (Wildman–Crippen LogP) is 2.44. The van der Waals surface area contributed by atoms with Crippen LogP contribution in [-0.2, 0) is 11.3 Å². The van der Waals surface area contributed by atoms with Gasteiger partial charge in [-0.25, -0.2) is 0 Å². The van der Waals surface area contributed by atoms with E-state index in [0.29, 0.717) is 6.54 Å². The molecule has 1 fully saturated rings. The standard InChI is InChI=1S/C23H32N4O3/c1-24-23(25-16-18-4-8-20(28-2)9-5-18)26-17-22(27-12-14-30-15-13-27)19-6-10-21(29-3)11-7-19/h4-11,22H,12-17H2,1-3H3,(H2,24,25,26). The molecule has 0 aromatic heterocycles. The topological polar surface area (TPSA) is 67.4 Å².